The summed E-state index contributed by atoms with van der Waals surface area (Å²) < 4.78 is 19.0. The molecule has 1 amide bonds. The molecule has 2 N–H and O–H groups in total. The van der Waals surface area contributed by atoms with Crippen molar-refractivity contribution < 1.29 is 13.9 Å². The molecule has 8 heteroatoms. The Bertz CT molecular complexity index is 1170. The summed E-state index contributed by atoms with van der Waals surface area (Å²) in [5.74, 6) is 1.03. The second-order valence-corrected chi connectivity index (χ2v) is 7.72. The zero-order valence-electron chi connectivity index (χ0n) is 18.0. The number of piperidine rings is 1. The Morgan fingerprint density at radius 2 is 2.06 bits per heavy atom. The molecule has 0 radical (unpaired) electrons. The third-order valence-corrected chi connectivity index (χ3v) is 5.40. The topological polar surface area (TPSA) is 91.2 Å². The van der Waals surface area contributed by atoms with E-state index < -0.39 is 0 Å². The molecule has 4 rings (SSSR count). The highest BCUT2D eigenvalue weighted by atomic mass is 19.1. The molecule has 168 valence electrons. The molecule has 3 aromatic rings. The van der Waals surface area contributed by atoms with Crippen molar-refractivity contribution in [2.75, 3.05) is 18.4 Å². The van der Waals surface area contributed by atoms with Crippen LogP contribution in [0.5, 0.6) is 11.5 Å². The number of anilines is 1. The lowest BCUT2D eigenvalue weighted by Crippen LogP contribution is -2.44. The average molecular weight is 445 g/mol. The summed E-state index contributed by atoms with van der Waals surface area (Å²) in [6.07, 6.45) is 6.14. The Hall–Kier alpha value is -4.07. The number of nitrogens with zero attached hydrogens (tertiary/aromatic N) is 3. The smallest absolute Gasteiger partial charge is 0.246 e. The van der Waals surface area contributed by atoms with Crippen molar-refractivity contribution in [3.05, 3.63) is 90.7 Å². The number of nitrogens with one attached hydrogen (secondary N) is 2. The van der Waals surface area contributed by atoms with Gasteiger partial charge in [-0.2, -0.15) is 0 Å². The van der Waals surface area contributed by atoms with Crippen molar-refractivity contribution in [1.82, 2.24) is 14.9 Å². The first-order chi connectivity index (χ1) is 16.0. The van der Waals surface area contributed by atoms with E-state index in [1.54, 1.807) is 47.5 Å². The molecule has 2 aromatic carbocycles. The number of aromatic nitrogens is 2. The maximum Gasteiger partial charge on any atom is 0.246 e. The van der Waals surface area contributed by atoms with E-state index in [9.17, 15) is 9.18 Å². The molecule has 1 atom stereocenters. The minimum absolute atomic E-state index is 0.0196. The SMILES string of the molecule is C=CC(=O)N1CCCC(Nc2ncncc2C(=N)c2ccc(Oc3cccc(F)c3)cc2)C1. The second-order valence-electron chi connectivity index (χ2n) is 7.72. The van der Waals surface area contributed by atoms with Gasteiger partial charge in [0.25, 0.3) is 0 Å². The molecular formula is C25H24FN5O2. The zero-order valence-corrected chi connectivity index (χ0v) is 18.0. The second kappa shape index (κ2) is 10.0. The predicted octanol–water partition coefficient (Wildman–Crippen LogP) is 4.41. The van der Waals surface area contributed by atoms with Crippen molar-refractivity contribution in [3.63, 3.8) is 0 Å². The maximum absolute atomic E-state index is 13.4. The number of rotatable bonds is 7. The largest absolute Gasteiger partial charge is 0.457 e. The molecule has 7 nitrogen and oxygen atoms in total. The van der Waals surface area contributed by atoms with Crippen LogP contribution in [0.3, 0.4) is 0 Å². The quantitative estimate of drug-likeness (QED) is 0.415. The third-order valence-electron chi connectivity index (χ3n) is 5.40. The summed E-state index contributed by atoms with van der Waals surface area (Å²) in [5.41, 5.74) is 1.47. The lowest BCUT2D eigenvalue weighted by atomic mass is 10.0. The highest BCUT2D eigenvalue weighted by Crippen LogP contribution is 2.24. The van der Waals surface area contributed by atoms with Gasteiger partial charge in [-0.05, 0) is 55.3 Å². The highest BCUT2D eigenvalue weighted by molar-refractivity contribution is 6.13. The minimum Gasteiger partial charge on any atom is -0.457 e. The minimum atomic E-state index is -0.370. The summed E-state index contributed by atoms with van der Waals surface area (Å²) in [7, 11) is 0. The van der Waals surface area contributed by atoms with Gasteiger partial charge in [-0.1, -0.05) is 12.6 Å². The molecule has 0 spiro atoms. The Kier molecular flexibility index (Phi) is 6.73. The first-order valence-corrected chi connectivity index (χ1v) is 10.6. The van der Waals surface area contributed by atoms with E-state index in [1.165, 1.54) is 24.5 Å². The van der Waals surface area contributed by atoms with Crippen LogP contribution in [0.25, 0.3) is 0 Å². The Labute approximate surface area is 191 Å². The van der Waals surface area contributed by atoms with Crippen LogP contribution in [-0.2, 0) is 4.79 Å². The van der Waals surface area contributed by atoms with E-state index in [1.807, 2.05) is 0 Å². The van der Waals surface area contributed by atoms with Gasteiger partial charge in [0.1, 0.15) is 29.5 Å². The number of halogens is 1. The normalized spacial score (nSPS) is 15.5. The van der Waals surface area contributed by atoms with Gasteiger partial charge in [0.2, 0.25) is 5.91 Å². The van der Waals surface area contributed by atoms with Gasteiger partial charge < -0.3 is 15.0 Å². The van der Waals surface area contributed by atoms with Crippen LogP contribution in [0.15, 0.2) is 73.7 Å². The fraction of sp³-hybridized carbons (Fsp3) is 0.200. The van der Waals surface area contributed by atoms with Crippen LogP contribution in [0.1, 0.15) is 24.0 Å². The van der Waals surface area contributed by atoms with Crippen molar-refractivity contribution >= 4 is 17.4 Å². The predicted molar refractivity (Wildman–Crippen MR) is 124 cm³/mol. The molecule has 1 aromatic heterocycles. The first kappa shape index (κ1) is 22.1. The van der Waals surface area contributed by atoms with Crippen LogP contribution >= 0.6 is 0 Å². The molecule has 0 aliphatic carbocycles. The summed E-state index contributed by atoms with van der Waals surface area (Å²) in [5, 5.41) is 12.1. The molecule has 0 saturated carbocycles. The molecule has 0 bridgehead atoms. The number of carbonyl (C=O) groups excluding carboxylic acids is 1. The van der Waals surface area contributed by atoms with E-state index >= 15 is 0 Å². The van der Waals surface area contributed by atoms with Gasteiger partial charge in [-0.3, -0.25) is 10.2 Å². The molecule has 33 heavy (non-hydrogen) atoms. The maximum atomic E-state index is 13.4. The fourth-order valence-corrected chi connectivity index (χ4v) is 3.76. The van der Waals surface area contributed by atoms with Crippen molar-refractivity contribution in [1.29, 1.82) is 5.41 Å². The van der Waals surface area contributed by atoms with Gasteiger partial charge in [-0.15, -0.1) is 0 Å². The number of hydrogen-bond acceptors (Lipinski definition) is 6. The summed E-state index contributed by atoms with van der Waals surface area (Å²) in [4.78, 5) is 22.2. The van der Waals surface area contributed by atoms with Crippen molar-refractivity contribution in [2.45, 2.75) is 18.9 Å². The lowest BCUT2D eigenvalue weighted by Gasteiger charge is -2.33. The number of benzene rings is 2. The van der Waals surface area contributed by atoms with Gasteiger partial charge in [0.05, 0.1) is 11.3 Å². The average Bonchev–Trinajstić information content (AvgIpc) is 2.84. The van der Waals surface area contributed by atoms with Crippen LogP contribution in [0.4, 0.5) is 10.2 Å². The Morgan fingerprint density at radius 3 is 2.82 bits per heavy atom. The highest BCUT2D eigenvalue weighted by Gasteiger charge is 2.23. The van der Waals surface area contributed by atoms with E-state index in [2.05, 4.69) is 21.9 Å². The van der Waals surface area contributed by atoms with Gasteiger partial charge >= 0.3 is 0 Å². The summed E-state index contributed by atoms with van der Waals surface area (Å²) in [6.45, 7) is 4.82. The third kappa shape index (κ3) is 5.41. The number of amides is 1. The Balaban J connectivity index is 1.47. The van der Waals surface area contributed by atoms with E-state index in [4.69, 9.17) is 10.1 Å². The van der Waals surface area contributed by atoms with Gasteiger partial charge in [0.15, 0.2) is 0 Å². The van der Waals surface area contributed by atoms with Crippen molar-refractivity contribution in [2.24, 2.45) is 0 Å². The van der Waals surface area contributed by atoms with E-state index in [-0.39, 0.29) is 23.5 Å². The van der Waals surface area contributed by atoms with Crippen LogP contribution in [0.2, 0.25) is 0 Å². The summed E-state index contributed by atoms with van der Waals surface area (Å²) in [6, 6.07) is 12.9. The number of hydrogen-bond donors (Lipinski definition) is 2. The van der Waals surface area contributed by atoms with Gasteiger partial charge in [0, 0.05) is 37.0 Å². The monoisotopic (exact) mass is 445 g/mol. The number of likely N-dealkylation sites (tertiary alicyclic amines) is 1. The fourth-order valence-electron chi connectivity index (χ4n) is 3.76. The van der Waals surface area contributed by atoms with E-state index in [0.717, 1.165) is 12.8 Å². The first-order valence-electron chi connectivity index (χ1n) is 10.6. The zero-order chi connectivity index (χ0) is 23.2. The number of ether oxygens (including phenoxy) is 1. The van der Waals surface area contributed by atoms with E-state index in [0.29, 0.717) is 41.5 Å². The Morgan fingerprint density at radius 1 is 1.24 bits per heavy atom. The summed E-state index contributed by atoms with van der Waals surface area (Å²) >= 11 is 0. The molecule has 1 fully saturated rings. The molecule has 1 aliphatic heterocycles. The molecular weight excluding hydrogens is 421 g/mol. The molecule has 1 saturated heterocycles. The van der Waals surface area contributed by atoms with Crippen LogP contribution < -0.4 is 10.1 Å². The standard InChI is InChI=1S/C25H24FN5O2/c1-2-23(32)31-12-4-6-19(15-31)30-25-22(14-28-16-29-25)24(27)17-8-10-20(11-9-17)33-21-7-3-5-18(26)13-21/h2-3,5,7-11,13-14,16,19,27H,1,4,6,12,15H2,(H,28,29,30). The molecule has 2 heterocycles. The van der Waals surface area contributed by atoms with Crippen LogP contribution in [0, 0.1) is 11.2 Å². The lowest BCUT2D eigenvalue weighted by molar-refractivity contribution is -0.127. The van der Waals surface area contributed by atoms with Crippen molar-refractivity contribution in [3.8, 4) is 11.5 Å². The van der Waals surface area contributed by atoms with Crippen LogP contribution in [-0.4, -0.2) is 45.6 Å². The molecule has 1 aliphatic rings. The molecule has 1 unspecified atom stereocenters. The number of carbonyl (C=O) groups is 1. The van der Waals surface area contributed by atoms with Gasteiger partial charge in [-0.25, -0.2) is 14.4 Å².